The molecule has 132 valence electrons. The van der Waals surface area contributed by atoms with E-state index in [1.807, 2.05) is 42.5 Å². The molecule has 1 heterocycles. The molecule has 0 atom stereocenters. The Bertz CT molecular complexity index is 699. The van der Waals surface area contributed by atoms with E-state index in [4.69, 9.17) is 0 Å². The first-order chi connectivity index (χ1) is 11.9. The van der Waals surface area contributed by atoms with E-state index in [1.54, 1.807) is 38.2 Å². The first-order valence-corrected chi connectivity index (χ1v) is 8.38. The molecule has 0 saturated heterocycles. The molecule has 0 aliphatic carbocycles. The highest BCUT2D eigenvalue weighted by Crippen LogP contribution is 2.19. The molecular weight excluding hydrogens is 314 g/mol. The molecule has 0 saturated carbocycles. The van der Waals surface area contributed by atoms with Crippen LogP contribution in [0.5, 0.6) is 0 Å². The van der Waals surface area contributed by atoms with Crippen LogP contribution in [0, 0.1) is 5.41 Å². The number of aromatic nitrogens is 1. The van der Waals surface area contributed by atoms with Gasteiger partial charge in [-0.2, -0.15) is 0 Å². The van der Waals surface area contributed by atoms with Crippen LogP contribution in [0.3, 0.4) is 0 Å². The fourth-order valence-corrected chi connectivity index (χ4v) is 2.52. The van der Waals surface area contributed by atoms with Gasteiger partial charge in [0.1, 0.15) is 5.41 Å². The van der Waals surface area contributed by atoms with Crippen molar-refractivity contribution in [3.8, 4) is 0 Å². The average Bonchev–Trinajstić information content (AvgIpc) is 2.65. The van der Waals surface area contributed by atoms with Gasteiger partial charge in [-0.3, -0.25) is 14.6 Å². The highest BCUT2D eigenvalue weighted by molar-refractivity contribution is 6.04. The second-order valence-corrected chi connectivity index (χ2v) is 6.63. The molecule has 1 aromatic carbocycles. The van der Waals surface area contributed by atoms with Crippen molar-refractivity contribution in [3.05, 3.63) is 66.0 Å². The van der Waals surface area contributed by atoms with E-state index >= 15 is 0 Å². The predicted octanol–water partition coefficient (Wildman–Crippen LogP) is 2.43. The number of likely N-dealkylation sites (N-methyl/N-ethyl adjacent to an activating group) is 1. The van der Waals surface area contributed by atoms with Crippen LogP contribution in [0.25, 0.3) is 0 Å². The van der Waals surface area contributed by atoms with Gasteiger partial charge in [0.25, 0.3) is 0 Å². The Kier molecular flexibility index (Phi) is 6.28. The van der Waals surface area contributed by atoms with Crippen molar-refractivity contribution < 1.29 is 9.59 Å². The largest absolute Gasteiger partial charge is 0.351 e. The number of hydrogen-bond acceptors (Lipinski definition) is 3. The van der Waals surface area contributed by atoms with E-state index in [0.29, 0.717) is 13.1 Å². The topological polar surface area (TPSA) is 62.3 Å². The summed E-state index contributed by atoms with van der Waals surface area (Å²) in [6, 6.07) is 13.5. The van der Waals surface area contributed by atoms with Crippen LogP contribution >= 0.6 is 0 Å². The monoisotopic (exact) mass is 339 g/mol. The summed E-state index contributed by atoms with van der Waals surface area (Å²) in [5.41, 5.74) is 1.01. The van der Waals surface area contributed by atoms with Crippen molar-refractivity contribution in [2.75, 3.05) is 13.6 Å². The van der Waals surface area contributed by atoms with Crippen molar-refractivity contribution in [1.29, 1.82) is 0 Å². The zero-order valence-electron chi connectivity index (χ0n) is 15.0. The summed E-state index contributed by atoms with van der Waals surface area (Å²) < 4.78 is 0. The number of carbonyl (C=O) groups is 2. The molecule has 0 bridgehead atoms. The summed E-state index contributed by atoms with van der Waals surface area (Å²) in [7, 11) is 1.73. The van der Waals surface area contributed by atoms with E-state index in [9.17, 15) is 9.59 Å². The summed E-state index contributed by atoms with van der Waals surface area (Å²) in [5.74, 6) is -0.454. The smallest absolute Gasteiger partial charge is 0.237 e. The first kappa shape index (κ1) is 18.6. The van der Waals surface area contributed by atoms with Crippen LogP contribution in [-0.4, -0.2) is 35.3 Å². The third-order valence-corrected chi connectivity index (χ3v) is 4.23. The highest BCUT2D eigenvalue weighted by Gasteiger charge is 2.37. The van der Waals surface area contributed by atoms with Crippen molar-refractivity contribution >= 4 is 11.8 Å². The SMILES string of the molecule is CN(CCc1ccncc1)C(=O)C(C)(C)C(=O)NCc1ccccc1. The molecule has 0 radical (unpaired) electrons. The summed E-state index contributed by atoms with van der Waals surface area (Å²) in [5, 5.41) is 2.85. The lowest BCUT2D eigenvalue weighted by molar-refractivity contribution is -0.147. The maximum atomic E-state index is 12.7. The van der Waals surface area contributed by atoms with Crippen LogP contribution in [0.4, 0.5) is 0 Å². The Morgan fingerprint density at radius 2 is 1.68 bits per heavy atom. The molecule has 0 spiro atoms. The molecule has 5 heteroatoms. The quantitative estimate of drug-likeness (QED) is 0.788. The number of rotatable bonds is 7. The molecule has 25 heavy (non-hydrogen) atoms. The van der Waals surface area contributed by atoms with E-state index in [-0.39, 0.29) is 11.8 Å². The van der Waals surface area contributed by atoms with Gasteiger partial charge in [-0.05, 0) is 43.5 Å². The Labute approximate surface area is 149 Å². The standard InChI is InChI=1S/C20H25N3O2/c1-20(2,18(24)22-15-17-7-5-4-6-8-17)19(25)23(3)14-11-16-9-12-21-13-10-16/h4-10,12-13H,11,14-15H2,1-3H3,(H,22,24). The van der Waals surface area contributed by atoms with Crippen LogP contribution in [0.1, 0.15) is 25.0 Å². The number of nitrogens with one attached hydrogen (secondary N) is 1. The third kappa shape index (κ3) is 5.14. The molecule has 5 nitrogen and oxygen atoms in total. The van der Waals surface area contributed by atoms with Crippen molar-refractivity contribution in [1.82, 2.24) is 15.2 Å². The fourth-order valence-electron chi connectivity index (χ4n) is 2.52. The van der Waals surface area contributed by atoms with Crippen LogP contribution < -0.4 is 5.32 Å². The minimum atomic E-state index is -1.11. The fraction of sp³-hybridized carbons (Fsp3) is 0.350. The molecule has 2 rings (SSSR count). The van der Waals surface area contributed by atoms with Gasteiger partial charge < -0.3 is 10.2 Å². The molecule has 2 amide bonds. The van der Waals surface area contributed by atoms with Crippen LogP contribution in [0.2, 0.25) is 0 Å². The first-order valence-electron chi connectivity index (χ1n) is 8.38. The molecular formula is C20H25N3O2. The summed E-state index contributed by atoms with van der Waals surface area (Å²) in [6.45, 7) is 4.30. The highest BCUT2D eigenvalue weighted by atomic mass is 16.2. The number of carbonyl (C=O) groups excluding carboxylic acids is 2. The molecule has 0 fully saturated rings. The summed E-state index contributed by atoms with van der Waals surface area (Å²) in [4.78, 5) is 30.8. The van der Waals surface area contributed by atoms with E-state index in [2.05, 4.69) is 10.3 Å². The summed E-state index contributed by atoms with van der Waals surface area (Å²) >= 11 is 0. The number of amides is 2. The lowest BCUT2D eigenvalue weighted by Crippen LogP contribution is -2.48. The molecule has 0 aliphatic heterocycles. The Morgan fingerprint density at radius 1 is 1.04 bits per heavy atom. The minimum Gasteiger partial charge on any atom is -0.351 e. The number of nitrogens with zero attached hydrogens (tertiary/aromatic N) is 2. The lowest BCUT2D eigenvalue weighted by atomic mass is 9.90. The minimum absolute atomic E-state index is 0.188. The van der Waals surface area contributed by atoms with Gasteiger partial charge in [0.05, 0.1) is 0 Å². The van der Waals surface area contributed by atoms with Gasteiger partial charge in [-0.1, -0.05) is 30.3 Å². The zero-order valence-corrected chi connectivity index (χ0v) is 15.0. The Morgan fingerprint density at radius 3 is 2.32 bits per heavy atom. The van der Waals surface area contributed by atoms with Gasteiger partial charge >= 0.3 is 0 Å². The molecule has 0 aliphatic rings. The van der Waals surface area contributed by atoms with E-state index < -0.39 is 5.41 Å². The second-order valence-electron chi connectivity index (χ2n) is 6.63. The lowest BCUT2D eigenvalue weighted by Gasteiger charge is -2.28. The van der Waals surface area contributed by atoms with Gasteiger partial charge in [0, 0.05) is 32.5 Å². The molecule has 1 N–H and O–H groups in total. The third-order valence-electron chi connectivity index (χ3n) is 4.23. The predicted molar refractivity (Wildman–Crippen MR) is 97.6 cm³/mol. The number of pyridine rings is 1. The van der Waals surface area contributed by atoms with Gasteiger partial charge in [0.15, 0.2) is 0 Å². The van der Waals surface area contributed by atoms with Crippen LogP contribution in [0.15, 0.2) is 54.9 Å². The van der Waals surface area contributed by atoms with Crippen molar-refractivity contribution in [3.63, 3.8) is 0 Å². The molecule has 0 unspecified atom stereocenters. The Balaban J connectivity index is 1.89. The Hall–Kier alpha value is -2.69. The zero-order chi connectivity index (χ0) is 18.3. The average molecular weight is 339 g/mol. The van der Waals surface area contributed by atoms with E-state index in [0.717, 1.165) is 17.5 Å². The molecule has 2 aromatic rings. The van der Waals surface area contributed by atoms with Gasteiger partial charge in [-0.15, -0.1) is 0 Å². The van der Waals surface area contributed by atoms with Crippen LogP contribution in [-0.2, 0) is 22.6 Å². The van der Waals surface area contributed by atoms with E-state index in [1.165, 1.54) is 0 Å². The summed E-state index contributed by atoms with van der Waals surface area (Å²) in [6.07, 6.45) is 4.20. The van der Waals surface area contributed by atoms with Gasteiger partial charge in [-0.25, -0.2) is 0 Å². The maximum Gasteiger partial charge on any atom is 0.237 e. The maximum absolute atomic E-state index is 12.7. The van der Waals surface area contributed by atoms with Crippen molar-refractivity contribution in [2.24, 2.45) is 5.41 Å². The second kappa shape index (κ2) is 8.42. The number of benzene rings is 1. The number of hydrogen-bond donors (Lipinski definition) is 1. The molecule has 1 aromatic heterocycles. The normalized spacial score (nSPS) is 11.0. The van der Waals surface area contributed by atoms with Crippen molar-refractivity contribution in [2.45, 2.75) is 26.8 Å². The van der Waals surface area contributed by atoms with Gasteiger partial charge in [0.2, 0.25) is 11.8 Å².